The van der Waals surface area contributed by atoms with Crippen molar-refractivity contribution in [1.29, 1.82) is 0 Å². The fourth-order valence-corrected chi connectivity index (χ4v) is 1.43. The van der Waals surface area contributed by atoms with E-state index in [0.29, 0.717) is 11.7 Å². The monoisotopic (exact) mass is 209 g/mol. The minimum atomic E-state index is -0.476. The fraction of sp³-hybridized carbons (Fsp3) is 0.636. The molecule has 84 valence electrons. The first-order chi connectivity index (χ1) is 7.02. The molecule has 0 saturated heterocycles. The van der Waals surface area contributed by atoms with Crippen molar-refractivity contribution in [3.63, 3.8) is 0 Å². The van der Waals surface area contributed by atoms with Crippen LogP contribution in [0.1, 0.15) is 37.1 Å². The Balaban J connectivity index is 2.94. The van der Waals surface area contributed by atoms with E-state index < -0.39 is 6.04 Å². The largest absolute Gasteiger partial charge is 0.394 e. The maximum atomic E-state index is 8.95. The van der Waals surface area contributed by atoms with Crippen LogP contribution in [0.25, 0.3) is 0 Å². The lowest BCUT2D eigenvalue weighted by Crippen LogP contribution is -2.19. The van der Waals surface area contributed by atoms with Crippen LogP contribution in [0.4, 0.5) is 0 Å². The first-order valence-corrected chi connectivity index (χ1v) is 5.23. The van der Waals surface area contributed by atoms with Crippen molar-refractivity contribution in [2.45, 2.75) is 33.2 Å². The van der Waals surface area contributed by atoms with Crippen LogP contribution in [0, 0.1) is 12.8 Å². The van der Waals surface area contributed by atoms with E-state index in [1.807, 2.05) is 13.0 Å². The van der Waals surface area contributed by atoms with Crippen molar-refractivity contribution in [3.8, 4) is 0 Å². The van der Waals surface area contributed by atoms with Gasteiger partial charge in [-0.3, -0.25) is 0 Å². The van der Waals surface area contributed by atoms with Gasteiger partial charge in [0, 0.05) is 11.4 Å². The molecule has 1 unspecified atom stereocenters. The molecule has 0 radical (unpaired) electrons. The molecule has 0 aliphatic carbocycles. The molecule has 3 N–H and O–H groups in total. The highest BCUT2D eigenvalue weighted by Gasteiger charge is 2.10. The van der Waals surface area contributed by atoms with Crippen molar-refractivity contribution in [1.82, 2.24) is 9.97 Å². The van der Waals surface area contributed by atoms with Crippen LogP contribution >= 0.6 is 0 Å². The molecule has 0 amide bonds. The summed E-state index contributed by atoms with van der Waals surface area (Å²) in [4.78, 5) is 8.56. The Kier molecular flexibility index (Phi) is 4.17. The Morgan fingerprint density at radius 1 is 1.40 bits per heavy atom. The van der Waals surface area contributed by atoms with E-state index >= 15 is 0 Å². The maximum Gasteiger partial charge on any atom is 0.147 e. The van der Waals surface area contributed by atoms with Gasteiger partial charge >= 0.3 is 0 Å². The quantitative estimate of drug-likeness (QED) is 0.775. The first-order valence-electron chi connectivity index (χ1n) is 5.23. The van der Waals surface area contributed by atoms with E-state index in [4.69, 9.17) is 10.8 Å². The number of aliphatic hydroxyl groups is 1. The van der Waals surface area contributed by atoms with Crippen molar-refractivity contribution in [2.24, 2.45) is 11.7 Å². The number of nitrogens with two attached hydrogens (primary N) is 1. The summed E-state index contributed by atoms with van der Waals surface area (Å²) in [7, 11) is 0. The smallest absolute Gasteiger partial charge is 0.147 e. The second-order valence-corrected chi connectivity index (χ2v) is 4.25. The van der Waals surface area contributed by atoms with E-state index in [-0.39, 0.29) is 6.61 Å². The molecule has 4 nitrogen and oxygen atoms in total. The SMILES string of the molecule is Cc1cc(CC(C)C)nc(C(N)CO)n1. The molecule has 15 heavy (non-hydrogen) atoms. The van der Waals surface area contributed by atoms with Gasteiger partial charge in [-0.2, -0.15) is 0 Å². The average molecular weight is 209 g/mol. The molecule has 0 aromatic carbocycles. The van der Waals surface area contributed by atoms with Crippen molar-refractivity contribution < 1.29 is 5.11 Å². The van der Waals surface area contributed by atoms with Gasteiger partial charge in [0.2, 0.25) is 0 Å². The molecule has 0 saturated carbocycles. The average Bonchev–Trinajstić information content (AvgIpc) is 2.14. The van der Waals surface area contributed by atoms with Gasteiger partial charge in [-0.1, -0.05) is 13.8 Å². The predicted molar refractivity (Wildman–Crippen MR) is 59.3 cm³/mol. The fourth-order valence-electron chi connectivity index (χ4n) is 1.43. The maximum absolute atomic E-state index is 8.95. The van der Waals surface area contributed by atoms with Crippen LogP contribution in [-0.4, -0.2) is 21.7 Å². The molecule has 1 atom stereocenters. The number of nitrogens with zero attached hydrogens (tertiary/aromatic N) is 2. The normalized spacial score (nSPS) is 13.2. The summed E-state index contributed by atoms with van der Waals surface area (Å²) in [5, 5.41) is 8.95. The minimum absolute atomic E-state index is 0.120. The van der Waals surface area contributed by atoms with Gasteiger partial charge in [0.05, 0.1) is 12.6 Å². The summed E-state index contributed by atoms with van der Waals surface area (Å²) in [5.74, 6) is 1.09. The van der Waals surface area contributed by atoms with Crippen LogP contribution in [0.2, 0.25) is 0 Å². The number of aryl methyl sites for hydroxylation is 1. The molecule has 1 aromatic rings. The minimum Gasteiger partial charge on any atom is -0.394 e. The third kappa shape index (κ3) is 3.57. The Bertz CT molecular complexity index is 326. The highest BCUT2D eigenvalue weighted by atomic mass is 16.3. The third-order valence-electron chi connectivity index (χ3n) is 2.07. The lowest BCUT2D eigenvalue weighted by atomic mass is 10.1. The van der Waals surface area contributed by atoms with Gasteiger partial charge in [0.1, 0.15) is 5.82 Å². The molecule has 1 heterocycles. The summed E-state index contributed by atoms with van der Waals surface area (Å²) >= 11 is 0. The van der Waals surface area contributed by atoms with Crippen LogP contribution in [0.15, 0.2) is 6.07 Å². The Labute approximate surface area is 90.6 Å². The van der Waals surface area contributed by atoms with Gasteiger partial charge in [0.25, 0.3) is 0 Å². The molecule has 0 spiro atoms. The molecule has 4 heteroatoms. The van der Waals surface area contributed by atoms with Gasteiger partial charge in [-0.25, -0.2) is 9.97 Å². The van der Waals surface area contributed by atoms with Gasteiger partial charge < -0.3 is 10.8 Å². The van der Waals surface area contributed by atoms with Crippen molar-refractivity contribution in [2.75, 3.05) is 6.61 Å². The molecule has 1 aromatic heterocycles. The standard InChI is InChI=1S/C11H19N3O/c1-7(2)4-9-5-8(3)13-11(14-9)10(12)6-15/h5,7,10,15H,4,6,12H2,1-3H3. The van der Waals surface area contributed by atoms with E-state index in [0.717, 1.165) is 17.8 Å². The highest BCUT2D eigenvalue weighted by molar-refractivity contribution is 5.12. The predicted octanol–water partition coefficient (Wildman–Crippen LogP) is 0.976. The lowest BCUT2D eigenvalue weighted by molar-refractivity contribution is 0.263. The summed E-state index contributed by atoms with van der Waals surface area (Å²) < 4.78 is 0. The molecule has 0 fully saturated rings. The Morgan fingerprint density at radius 3 is 2.60 bits per heavy atom. The molecule has 1 rings (SSSR count). The molecular formula is C11H19N3O. The number of hydrogen-bond donors (Lipinski definition) is 2. The van der Waals surface area contributed by atoms with Crippen LogP contribution in [0.5, 0.6) is 0 Å². The van der Waals surface area contributed by atoms with Gasteiger partial charge in [-0.05, 0) is 25.3 Å². The summed E-state index contributed by atoms with van der Waals surface area (Å²) in [6, 6.07) is 1.49. The van der Waals surface area contributed by atoms with Gasteiger partial charge in [-0.15, -0.1) is 0 Å². The van der Waals surface area contributed by atoms with Crippen molar-refractivity contribution in [3.05, 3.63) is 23.3 Å². The number of aliphatic hydroxyl groups excluding tert-OH is 1. The van der Waals surface area contributed by atoms with Crippen molar-refractivity contribution >= 4 is 0 Å². The topological polar surface area (TPSA) is 72.0 Å². The molecule has 0 aliphatic rings. The van der Waals surface area contributed by atoms with Crippen LogP contribution < -0.4 is 5.73 Å². The Morgan fingerprint density at radius 2 is 2.07 bits per heavy atom. The number of hydrogen-bond acceptors (Lipinski definition) is 4. The molecule has 0 bridgehead atoms. The van der Waals surface area contributed by atoms with Gasteiger partial charge in [0.15, 0.2) is 0 Å². The zero-order valence-corrected chi connectivity index (χ0v) is 9.57. The summed E-state index contributed by atoms with van der Waals surface area (Å²) in [6.45, 7) is 6.08. The van der Waals surface area contributed by atoms with Crippen LogP contribution in [0.3, 0.4) is 0 Å². The Hall–Kier alpha value is -1.00. The van der Waals surface area contributed by atoms with E-state index in [1.54, 1.807) is 0 Å². The van der Waals surface area contributed by atoms with E-state index in [1.165, 1.54) is 0 Å². The second-order valence-electron chi connectivity index (χ2n) is 4.25. The van der Waals surface area contributed by atoms with E-state index in [2.05, 4.69) is 23.8 Å². The summed E-state index contributed by atoms with van der Waals surface area (Å²) in [6.07, 6.45) is 0.911. The molecular weight excluding hydrogens is 190 g/mol. The molecule has 0 aliphatic heterocycles. The van der Waals surface area contributed by atoms with E-state index in [9.17, 15) is 0 Å². The van der Waals surface area contributed by atoms with Crippen LogP contribution in [-0.2, 0) is 6.42 Å². The zero-order chi connectivity index (χ0) is 11.4. The number of aromatic nitrogens is 2. The zero-order valence-electron chi connectivity index (χ0n) is 9.57. The number of rotatable bonds is 4. The summed E-state index contributed by atoms with van der Waals surface area (Å²) in [5.41, 5.74) is 7.59. The third-order valence-corrected chi connectivity index (χ3v) is 2.07. The highest BCUT2D eigenvalue weighted by Crippen LogP contribution is 2.10. The first kappa shape index (κ1) is 12.1. The lowest BCUT2D eigenvalue weighted by Gasteiger charge is -2.11. The second kappa shape index (κ2) is 5.19.